The quantitative estimate of drug-likeness (QED) is 0.754. The van der Waals surface area contributed by atoms with Crippen molar-refractivity contribution in [2.75, 3.05) is 26.2 Å². The van der Waals surface area contributed by atoms with Gasteiger partial charge in [-0.3, -0.25) is 4.79 Å². The number of nitrogens with zero attached hydrogens (tertiary/aromatic N) is 1. The van der Waals surface area contributed by atoms with Gasteiger partial charge in [0, 0.05) is 6.54 Å². The maximum Gasteiger partial charge on any atom is 0.239 e. The number of piperidine rings is 1. The predicted molar refractivity (Wildman–Crippen MR) is 70.7 cm³/mol. The van der Waals surface area contributed by atoms with Crippen molar-refractivity contribution in [2.45, 2.75) is 45.6 Å². The monoisotopic (exact) mass is 241 g/mol. The van der Waals surface area contributed by atoms with Crippen LogP contribution in [0.4, 0.5) is 0 Å². The van der Waals surface area contributed by atoms with E-state index in [2.05, 4.69) is 17.1 Å². The van der Waals surface area contributed by atoms with Gasteiger partial charge < -0.3 is 16.0 Å². The van der Waals surface area contributed by atoms with Gasteiger partial charge in [-0.1, -0.05) is 13.8 Å². The van der Waals surface area contributed by atoms with E-state index in [1.165, 1.54) is 12.8 Å². The number of nitrogens with one attached hydrogen (secondary N) is 1. The first-order chi connectivity index (χ1) is 7.99. The second-order valence-corrected chi connectivity index (χ2v) is 5.36. The van der Waals surface area contributed by atoms with Crippen LogP contribution in [0.1, 0.15) is 40.0 Å². The number of nitrogens with two attached hydrogens (primary N) is 1. The van der Waals surface area contributed by atoms with E-state index < -0.39 is 5.54 Å². The molecule has 0 radical (unpaired) electrons. The molecule has 0 saturated carbocycles. The van der Waals surface area contributed by atoms with Crippen molar-refractivity contribution in [1.29, 1.82) is 0 Å². The molecule has 0 aromatic rings. The third-order valence-electron chi connectivity index (χ3n) is 3.96. The van der Waals surface area contributed by atoms with Crippen LogP contribution in [0, 0.1) is 5.92 Å². The zero-order chi connectivity index (χ0) is 12.9. The minimum absolute atomic E-state index is 0.0158. The topological polar surface area (TPSA) is 58.4 Å². The van der Waals surface area contributed by atoms with E-state index in [1.54, 1.807) is 6.92 Å². The van der Waals surface area contributed by atoms with Crippen LogP contribution in [-0.4, -0.2) is 42.5 Å². The predicted octanol–water partition coefficient (Wildman–Crippen LogP) is 0.962. The Labute approximate surface area is 105 Å². The van der Waals surface area contributed by atoms with Crippen LogP contribution in [0.15, 0.2) is 0 Å². The molecule has 4 heteroatoms. The Morgan fingerprint density at radius 3 is 2.47 bits per heavy atom. The maximum atomic E-state index is 11.8. The minimum atomic E-state index is -0.718. The van der Waals surface area contributed by atoms with Gasteiger partial charge in [-0.2, -0.15) is 0 Å². The van der Waals surface area contributed by atoms with Gasteiger partial charge in [0.1, 0.15) is 0 Å². The van der Waals surface area contributed by atoms with E-state index in [0.717, 1.165) is 26.2 Å². The van der Waals surface area contributed by atoms with E-state index in [-0.39, 0.29) is 5.91 Å². The summed E-state index contributed by atoms with van der Waals surface area (Å²) in [6.07, 6.45) is 3.04. The maximum absolute atomic E-state index is 11.8. The summed E-state index contributed by atoms with van der Waals surface area (Å²) in [5.41, 5.74) is 5.18. The Morgan fingerprint density at radius 1 is 1.41 bits per heavy atom. The average Bonchev–Trinajstić information content (AvgIpc) is 2.36. The van der Waals surface area contributed by atoms with Crippen molar-refractivity contribution in [1.82, 2.24) is 10.2 Å². The molecule has 1 atom stereocenters. The Hall–Kier alpha value is -0.610. The largest absolute Gasteiger partial charge is 0.354 e. The molecule has 4 nitrogen and oxygen atoms in total. The molecule has 1 fully saturated rings. The second-order valence-electron chi connectivity index (χ2n) is 5.36. The van der Waals surface area contributed by atoms with Crippen molar-refractivity contribution in [2.24, 2.45) is 11.7 Å². The van der Waals surface area contributed by atoms with Crippen LogP contribution in [0.2, 0.25) is 0 Å². The highest BCUT2D eigenvalue weighted by molar-refractivity contribution is 5.85. The van der Waals surface area contributed by atoms with Gasteiger partial charge in [0.2, 0.25) is 5.91 Å². The number of rotatable bonds is 5. The highest BCUT2D eigenvalue weighted by Gasteiger charge is 2.26. The van der Waals surface area contributed by atoms with Crippen LogP contribution < -0.4 is 11.1 Å². The van der Waals surface area contributed by atoms with Crippen LogP contribution in [0.25, 0.3) is 0 Å². The van der Waals surface area contributed by atoms with E-state index in [1.807, 2.05) is 6.92 Å². The first kappa shape index (κ1) is 14.5. The van der Waals surface area contributed by atoms with E-state index in [0.29, 0.717) is 12.3 Å². The van der Waals surface area contributed by atoms with Gasteiger partial charge in [0.05, 0.1) is 5.54 Å². The summed E-state index contributed by atoms with van der Waals surface area (Å²) < 4.78 is 0. The van der Waals surface area contributed by atoms with E-state index in [4.69, 9.17) is 5.73 Å². The van der Waals surface area contributed by atoms with Gasteiger partial charge in [-0.05, 0) is 51.7 Å². The Kier molecular flexibility index (Phi) is 5.40. The summed E-state index contributed by atoms with van der Waals surface area (Å²) in [5, 5.41) is 2.99. The summed E-state index contributed by atoms with van der Waals surface area (Å²) in [4.78, 5) is 14.3. The fourth-order valence-corrected chi connectivity index (χ4v) is 2.11. The number of likely N-dealkylation sites (tertiary alicyclic amines) is 1. The first-order valence-electron chi connectivity index (χ1n) is 6.79. The third kappa shape index (κ3) is 4.28. The Balaban J connectivity index is 2.26. The molecule has 0 bridgehead atoms. The smallest absolute Gasteiger partial charge is 0.239 e. The molecule has 1 rings (SSSR count). The first-order valence-corrected chi connectivity index (χ1v) is 6.79. The Bertz CT molecular complexity index is 245. The molecular weight excluding hydrogens is 214 g/mol. The number of carbonyl (C=O) groups excluding carboxylic acids is 1. The van der Waals surface area contributed by atoms with E-state index in [9.17, 15) is 4.79 Å². The summed E-state index contributed by atoms with van der Waals surface area (Å²) in [7, 11) is 0. The lowest BCUT2D eigenvalue weighted by Gasteiger charge is -2.31. The van der Waals surface area contributed by atoms with Gasteiger partial charge in [0.15, 0.2) is 0 Å². The molecule has 100 valence electrons. The summed E-state index contributed by atoms with van der Waals surface area (Å²) in [6.45, 7) is 10.2. The number of hydrogen-bond donors (Lipinski definition) is 2. The standard InChI is InChI=1S/C13H27N3O/c1-4-13(3,14)12(17)15-10-11-6-8-16(5-2)9-7-11/h11H,4-10,14H2,1-3H3,(H,15,17). The van der Waals surface area contributed by atoms with Crippen molar-refractivity contribution < 1.29 is 4.79 Å². The zero-order valence-electron chi connectivity index (χ0n) is 11.5. The summed E-state index contributed by atoms with van der Waals surface area (Å²) in [6, 6.07) is 0. The lowest BCUT2D eigenvalue weighted by molar-refractivity contribution is -0.126. The van der Waals surface area contributed by atoms with Gasteiger partial charge >= 0.3 is 0 Å². The highest BCUT2D eigenvalue weighted by atomic mass is 16.2. The molecular formula is C13H27N3O. The number of hydrogen-bond acceptors (Lipinski definition) is 3. The van der Waals surface area contributed by atoms with Gasteiger partial charge in [0.25, 0.3) is 0 Å². The molecule has 0 aromatic heterocycles. The number of carbonyl (C=O) groups is 1. The Morgan fingerprint density at radius 2 is 2.00 bits per heavy atom. The molecule has 0 spiro atoms. The SMILES string of the molecule is CCN1CCC(CNC(=O)C(C)(N)CC)CC1. The molecule has 0 aromatic carbocycles. The lowest BCUT2D eigenvalue weighted by atomic mass is 9.95. The van der Waals surface area contributed by atoms with Crippen molar-refractivity contribution in [3.63, 3.8) is 0 Å². The molecule has 1 heterocycles. The van der Waals surface area contributed by atoms with Crippen LogP contribution in [-0.2, 0) is 4.79 Å². The highest BCUT2D eigenvalue weighted by Crippen LogP contribution is 2.16. The summed E-state index contributed by atoms with van der Waals surface area (Å²) >= 11 is 0. The summed E-state index contributed by atoms with van der Waals surface area (Å²) in [5.74, 6) is 0.604. The molecule has 1 unspecified atom stereocenters. The fraction of sp³-hybridized carbons (Fsp3) is 0.923. The van der Waals surface area contributed by atoms with Crippen LogP contribution >= 0.6 is 0 Å². The molecule has 0 aliphatic carbocycles. The van der Waals surface area contributed by atoms with Gasteiger partial charge in [-0.25, -0.2) is 0 Å². The average molecular weight is 241 g/mol. The molecule has 3 N–H and O–H groups in total. The van der Waals surface area contributed by atoms with Gasteiger partial charge in [-0.15, -0.1) is 0 Å². The third-order valence-corrected chi connectivity index (χ3v) is 3.96. The van der Waals surface area contributed by atoms with E-state index >= 15 is 0 Å². The van der Waals surface area contributed by atoms with Crippen molar-refractivity contribution >= 4 is 5.91 Å². The fourth-order valence-electron chi connectivity index (χ4n) is 2.11. The molecule has 1 aliphatic heterocycles. The molecule has 17 heavy (non-hydrogen) atoms. The van der Waals surface area contributed by atoms with Crippen LogP contribution in [0.3, 0.4) is 0 Å². The zero-order valence-corrected chi connectivity index (χ0v) is 11.5. The second kappa shape index (κ2) is 6.36. The lowest BCUT2D eigenvalue weighted by Crippen LogP contribution is -2.52. The number of amides is 1. The molecule has 1 amide bonds. The normalized spacial score (nSPS) is 22.1. The molecule has 1 aliphatic rings. The molecule has 1 saturated heterocycles. The minimum Gasteiger partial charge on any atom is -0.354 e. The van der Waals surface area contributed by atoms with Crippen molar-refractivity contribution in [3.05, 3.63) is 0 Å². The van der Waals surface area contributed by atoms with Crippen molar-refractivity contribution in [3.8, 4) is 0 Å². The van der Waals surface area contributed by atoms with Crippen LogP contribution in [0.5, 0.6) is 0 Å².